The van der Waals surface area contributed by atoms with Crippen molar-refractivity contribution in [1.29, 1.82) is 0 Å². The van der Waals surface area contributed by atoms with Gasteiger partial charge in [-0.25, -0.2) is 0 Å². The molecule has 0 aliphatic carbocycles. The molecule has 1 N–H and O–H groups in total. The van der Waals surface area contributed by atoms with Gasteiger partial charge in [0.2, 0.25) is 0 Å². The second-order valence-electron chi connectivity index (χ2n) is 3.55. The van der Waals surface area contributed by atoms with Gasteiger partial charge < -0.3 is 4.98 Å². The van der Waals surface area contributed by atoms with Gasteiger partial charge in [-0.1, -0.05) is 18.2 Å². The number of ketones is 2. The van der Waals surface area contributed by atoms with E-state index < -0.39 is 0 Å². The molecule has 3 nitrogen and oxygen atoms in total. The molecule has 15 heavy (non-hydrogen) atoms. The second kappa shape index (κ2) is 3.69. The van der Waals surface area contributed by atoms with Crippen LogP contribution in [0.25, 0.3) is 10.9 Å². The number of hydrogen-bond acceptors (Lipinski definition) is 2. The number of aromatic amines is 1. The molecule has 0 fully saturated rings. The van der Waals surface area contributed by atoms with Crippen LogP contribution in [0.5, 0.6) is 0 Å². The van der Waals surface area contributed by atoms with E-state index in [4.69, 9.17) is 0 Å². The maximum Gasteiger partial charge on any atom is 0.172 e. The minimum atomic E-state index is -0.125. The molecule has 0 amide bonds. The fourth-order valence-electron chi connectivity index (χ4n) is 1.62. The molecular weight excluding hydrogens is 190 g/mol. The van der Waals surface area contributed by atoms with Crippen molar-refractivity contribution in [3.05, 3.63) is 36.0 Å². The van der Waals surface area contributed by atoms with Crippen LogP contribution in [0.1, 0.15) is 23.7 Å². The highest BCUT2D eigenvalue weighted by Gasteiger charge is 2.12. The normalized spacial score (nSPS) is 10.5. The van der Waals surface area contributed by atoms with Gasteiger partial charge in [-0.05, 0) is 13.0 Å². The van der Waals surface area contributed by atoms with Gasteiger partial charge in [-0.2, -0.15) is 0 Å². The minimum Gasteiger partial charge on any atom is -0.360 e. The first kappa shape index (κ1) is 9.65. The standard InChI is InChI=1S/C12H11NO2/c1-8(14)6-12(15)10-7-13-11-5-3-2-4-9(10)11/h2-5,7,13H,6H2,1H3. The molecule has 0 unspecified atom stereocenters. The van der Waals surface area contributed by atoms with E-state index in [0.29, 0.717) is 5.56 Å². The van der Waals surface area contributed by atoms with Crippen molar-refractivity contribution in [3.63, 3.8) is 0 Å². The summed E-state index contributed by atoms with van der Waals surface area (Å²) in [6.07, 6.45) is 1.64. The van der Waals surface area contributed by atoms with Crippen molar-refractivity contribution in [1.82, 2.24) is 4.98 Å². The lowest BCUT2D eigenvalue weighted by Crippen LogP contribution is -2.03. The Kier molecular flexibility index (Phi) is 2.37. The lowest BCUT2D eigenvalue weighted by Gasteiger charge is -1.95. The van der Waals surface area contributed by atoms with Gasteiger partial charge in [-0.3, -0.25) is 9.59 Å². The van der Waals surface area contributed by atoms with Crippen molar-refractivity contribution in [2.45, 2.75) is 13.3 Å². The largest absolute Gasteiger partial charge is 0.360 e. The summed E-state index contributed by atoms with van der Waals surface area (Å²) in [4.78, 5) is 25.6. The Hall–Kier alpha value is -1.90. The Balaban J connectivity index is 2.44. The number of nitrogens with one attached hydrogen (secondary N) is 1. The van der Waals surface area contributed by atoms with Crippen LogP contribution < -0.4 is 0 Å². The minimum absolute atomic E-state index is 0.0259. The maximum atomic E-state index is 11.7. The lowest BCUT2D eigenvalue weighted by molar-refractivity contribution is -0.116. The first-order valence-electron chi connectivity index (χ1n) is 4.77. The Morgan fingerprint density at radius 3 is 2.73 bits per heavy atom. The van der Waals surface area contributed by atoms with Gasteiger partial charge in [0, 0.05) is 22.7 Å². The van der Waals surface area contributed by atoms with Gasteiger partial charge in [0.1, 0.15) is 5.78 Å². The zero-order valence-corrected chi connectivity index (χ0v) is 8.41. The molecule has 0 aliphatic heterocycles. The molecule has 0 saturated heterocycles. The zero-order valence-electron chi connectivity index (χ0n) is 8.41. The Morgan fingerprint density at radius 2 is 2.00 bits per heavy atom. The topological polar surface area (TPSA) is 49.9 Å². The third-order valence-corrected chi connectivity index (χ3v) is 2.30. The number of para-hydroxylation sites is 1. The summed E-state index contributed by atoms with van der Waals surface area (Å²) in [5.74, 6) is -0.231. The SMILES string of the molecule is CC(=O)CC(=O)c1c[nH]c2ccccc12. The zero-order chi connectivity index (χ0) is 10.8. The molecule has 3 heteroatoms. The monoisotopic (exact) mass is 201 g/mol. The molecular formula is C12H11NO2. The lowest BCUT2D eigenvalue weighted by atomic mass is 10.1. The molecule has 0 saturated carbocycles. The van der Waals surface area contributed by atoms with Crippen LogP contribution in [-0.4, -0.2) is 16.6 Å². The number of hydrogen-bond donors (Lipinski definition) is 1. The Morgan fingerprint density at radius 1 is 1.27 bits per heavy atom. The van der Waals surface area contributed by atoms with Crippen LogP contribution >= 0.6 is 0 Å². The highest BCUT2D eigenvalue weighted by atomic mass is 16.1. The van der Waals surface area contributed by atoms with E-state index in [1.807, 2.05) is 24.3 Å². The number of benzene rings is 1. The molecule has 1 aromatic carbocycles. The quantitative estimate of drug-likeness (QED) is 0.612. The van der Waals surface area contributed by atoms with Crippen LogP contribution in [-0.2, 0) is 4.79 Å². The van der Waals surface area contributed by atoms with Crippen molar-refractivity contribution in [2.75, 3.05) is 0 Å². The number of fused-ring (bicyclic) bond motifs is 1. The van der Waals surface area contributed by atoms with Crippen LogP contribution in [0.3, 0.4) is 0 Å². The van der Waals surface area contributed by atoms with Crippen LogP contribution in [0, 0.1) is 0 Å². The first-order valence-corrected chi connectivity index (χ1v) is 4.77. The molecule has 0 spiro atoms. The second-order valence-corrected chi connectivity index (χ2v) is 3.55. The first-order chi connectivity index (χ1) is 7.18. The number of rotatable bonds is 3. The molecule has 76 valence electrons. The van der Waals surface area contributed by atoms with E-state index in [0.717, 1.165) is 10.9 Å². The molecule has 2 aromatic rings. The van der Waals surface area contributed by atoms with Gasteiger partial charge in [0.15, 0.2) is 5.78 Å². The predicted octanol–water partition coefficient (Wildman–Crippen LogP) is 2.33. The van der Waals surface area contributed by atoms with E-state index in [1.165, 1.54) is 6.92 Å². The molecule has 0 bridgehead atoms. The third kappa shape index (κ3) is 1.81. The van der Waals surface area contributed by atoms with Crippen LogP contribution in [0.15, 0.2) is 30.5 Å². The highest BCUT2D eigenvalue weighted by molar-refractivity contribution is 6.13. The van der Waals surface area contributed by atoms with Gasteiger partial charge >= 0.3 is 0 Å². The van der Waals surface area contributed by atoms with Crippen LogP contribution in [0.4, 0.5) is 0 Å². The average Bonchev–Trinajstić information content (AvgIpc) is 2.59. The summed E-state index contributed by atoms with van der Waals surface area (Å²) < 4.78 is 0. The number of aromatic nitrogens is 1. The third-order valence-electron chi connectivity index (χ3n) is 2.30. The Bertz CT molecular complexity index is 525. The van der Waals surface area contributed by atoms with E-state index in [9.17, 15) is 9.59 Å². The summed E-state index contributed by atoms with van der Waals surface area (Å²) in [6, 6.07) is 7.55. The molecule has 0 atom stereocenters. The van der Waals surface area contributed by atoms with E-state index in [2.05, 4.69) is 4.98 Å². The smallest absolute Gasteiger partial charge is 0.172 e. The highest BCUT2D eigenvalue weighted by Crippen LogP contribution is 2.18. The number of carbonyl (C=O) groups is 2. The molecule has 2 rings (SSSR count). The van der Waals surface area contributed by atoms with Gasteiger partial charge in [0.25, 0.3) is 0 Å². The molecule has 0 radical (unpaired) electrons. The number of carbonyl (C=O) groups excluding carboxylic acids is 2. The predicted molar refractivity (Wildman–Crippen MR) is 57.9 cm³/mol. The van der Waals surface area contributed by atoms with E-state index >= 15 is 0 Å². The summed E-state index contributed by atoms with van der Waals surface area (Å²) in [6.45, 7) is 1.42. The van der Waals surface area contributed by atoms with Crippen LogP contribution in [0.2, 0.25) is 0 Å². The van der Waals surface area contributed by atoms with Crippen molar-refractivity contribution < 1.29 is 9.59 Å². The maximum absolute atomic E-state index is 11.7. The Labute approximate surface area is 87.1 Å². The fourth-order valence-corrected chi connectivity index (χ4v) is 1.62. The van der Waals surface area contributed by atoms with E-state index in [1.54, 1.807) is 6.20 Å². The van der Waals surface area contributed by atoms with Gasteiger partial charge in [-0.15, -0.1) is 0 Å². The van der Waals surface area contributed by atoms with Crippen molar-refractivity contribution in [2.24, 2.45) is 0 Å². The molecule has 0 aliphatic rings. The van der Waals surface area contributed by atoms with Crippen molar-refractivity contribution in [3.8, 4) is 0 Å². The number of H-pyrrole nitrogens is 1. The van der Waals surface area contributed by atoms with Crippen molar-refractivity contribution >= 4 is 22.5 Å². The average molecular weight is 201 g/mol. The van der Waals surface area contributed by atoms with E-state index in [-0.39, 0.29) is 18.0 Å². The summed E-state index contributed by atoms with van der Waals surface area (Å²) in [7, 11) is 0. The summed E-state index contributed by atoms with van der Waals surface area (Å²) in [5, 5.41) is 0.878. The molecule has 1 aromatic heterocycles. The fraction of sp³-hybridized carbons (Fsp3) is 0.167. The summed E-state index contributed by atoms with van der Waals surface area (Å²) in [5.41, 5.74) is 1.52. The molecule has 1 heterocycles. The van der Waals surface area contributed by atoms with Gasteiger partial charge in [0.05, 0.1) is 6.42 Å². The summed E-state index contributed by atoms with van der Waals surface area (Å²) >= 11 is 0. The number of Topliss-reactive ketones (excluding diaryl/α,β-unsaturated/α-hetero) is 2.